The van der Waals surface area contributed by atoms with Crippen LogP contribution in [0.25, 0.3) is 38.7 Å². The highest BCUT2D eigenvalue weighted by Crippen LogP contribution is 2.35. The Bertz CT molecular complexity index is 1570. The molecule has 5 aromatic rings. The maximum atomic E-state index is 11.7. The van der Waals surface area contributed by atoms with E-state index in [4.69, 9.17) is 4.98 Å². The number of benzene rings is 3. The second kappa shape index (κ2) is 8.66. The van der Waals surface area contributed by atoms with Gasteiger partial charge in [0.05, 0.1) is 22.9 Å². The summed E-state index contributed by atoms with van der Waals surface area (Å²) in [5.74, 6) is 0. The predicted molar refractivity (Wildman–Crippen MR) is 136 cm³/mol. The largest absolute Gasteiger partial charge is 0.612 e. The lowest BCUT2D eigenvalue weighted by Gasteiger charge is -2.33. The van der Waals surface area contributed by atoms with E-state index in [-0.39, 0.29) is 0 Å². The zero-order chi connectivity index (χ0) is 24.0. The summed E-state index contributed by atoms with van der Waals surface area (Å²) in [7, 11) is 0. The van der Waals surface area contributed by atoms with Crippen LogP contribution in [0.5, 0.6) is 0 Å². The molecule has 1 aliphatic heterocycles. The predicted octanol–water partition coefficient (Wildman–Crippen LogP) is 3.97. The van der Waals surface area contributed by atoms with Gasteiger partial charge in [0.1, 0.15) is 0 Å². The van der Waals surface area contributed by atoms with Crippen LogP contribution in [0.2, 0.25) is 0 Å². The van der Waals surface area contributed by atoms with E-state index >= 15 is 0 Å². The molecule has 1 aliphatic rings. The monoisotopic (exact) mass is 484 g/mol. The third kappa shape index (κ3) is 3.84. The van der Waals surface area contributed by atoms with Gasteiger partial charge in [0.2, 0.25) is 0 Å². The highest BCUT2D eigenvalue weighted by atomic mass is 32.2. The Hall–Kier alpha value is -3.43. The SMILES string of the molecule is O=[SH+]([O-])c1ccc(-c2cnn3cc(-c4ccc(C5(O)CCNCC5)cc4)cnc23)c2ccccc12. The number of aliphatic hydroxyl groups is 1. The Kier molecular flexibility index (Phi) is 5.46. The van der Waals surface area contributed by atoms with Gasteiger partial charge in [-0.3, -0.25) is 0 Å². The summed E-state index contributed by atoms with van der Waals surface area (Å²) in [6.07, 6.45) is 6.93. The third-order valence-corrected chi connectivity index (χ3v) is 7.71. The van der Waals surface area contributed by atoms with Crippen molar-refractivity contribution in [3.63, 3.8) is 0 Å². The minimum absolute atomic E-state index is 0.309. The van der Waals surface area contributed by atoms with Crippen molar-refractivity contribution in [2.24, 2.45) is 0 Å². The van der Waals surface area contributed by atoms with Crippen LogP contribution in [-0.4, -0.2) is 37.3 Å². The lowest BCUT2D eigenvalue weighted by Crippen LogP contribution is -2.39. The minimum Gasteiger partial charge on any atom is -0.612 e. The van der Waals surface area contributed by atoms with Crippen LogP contribution in [0.1, 0.15) is 18.4 Å². The van der Waals surface area contributed by atoms with E-state index in [1.165, 1.54) is 0 Å². The van der Waals surface area contributed by atoms with Crippen LogP contribution in [-0.2, 0) is 20.9 Å². The van der Waals surface area contributed by atoms with Crippen molar-refractivity contribution in [2.75, 3.05) is 13.1 Å². The summed E-state index contributed by atoms with van der Waals surface area (Å²) < 4.78 is 25.2. The molecule has 0 spiro atoms. The summed E-state index contributed by atoms with van der Waals surface area (Å²) >= 11 is -2.70. The molecule has 35 heavy (non-hydrogen) atoms. The third-order valence-electron chi connectivity index (χ3n) is 6.93. The van der Waals surface area contributed by atoms with Crippen LogP contribution in [0, 0.1) is 0 Å². The van der Waals surface area contributed by atoms with E-state index in [9.17, 15) is 13.9 Å². The van der Waals surface area contributed by atoms with E-state index in [0.717, 1.165) is 46.3 Å². The number of nitrogens with one attached hydrogen (secondary N) is 1. The standard InChI is InChI=1S/C27H24N4O3S/c32-27(11-13-28-14-12-27)20-7-5-18(6-8-20)19-15-29-26-24(16-30-31(26)17-19)22-9-10-25(35(33)34)23-4-2-1-3-21(22)23/h1-10,15-17,28,32,35H,11-14H2. The van der Waals surface area contributed by atoms with Crippen molar-refractivity contribution in [1.29, 1.82) is 0 Å². The molecule has 3 heterocycles. The molecule has 7 nitrogen and oxygen atoms in total. The number of aromatic nitrogens is 3. The first kappa shape index (κ1) is 22.1. The summed E-state index contributed by atoms with van der Waals surface area (Å²) in [5, 5.41) is 20.3. The molecule has 6 rings (SSSR count). The maximum absolute atomic E-state index is 11.7. The highest BCUT2D eigenvalue weighted by molar-refractivity contribution is 7.79. The van der Waals surface area contributed by atoms with Gasteiger partial charge in [0.25, 0.3) is 0 Å². The first-order chi connectivity index (χ1) is 17.0. The summed E-state index contributed by atoms with van der Waals surface area (Å²) in [6.45, 7) is 1.63. The van der Waals surface area contributed by atoms with E-state index < -0.39 is 16.7 Å². The molecule has 0 bridgehead atoms. The molecule has 0 saturated carbocycles. The van der Waals surface area contributed by atoms with Crippen LogP contribution in [0.3, 0.4) is 0 Å². The van der Waals surface area contributed by atoms with Crippen molar-refractivity contribution < 1.29 is 13.9 Å². The number of fused-ring (bicyclic) bond motifs is 2. The average molecular weight is 485 g/mol. The molecule has 0 radical (unpaired) electrons. The van der Waals surface area contributed by atoms with Crippen molar-refractivity contribution in [1.82, 2.24) is 19.9 Å². The van der Waals surface area contributed by atoms with Crippen molar-refractivity contribution in [2.45, 2.75) is 23.3 Å². The van der Waals surface area contributed by atoms with E-state index in [1.54, 1.807) is 16.8 Å². The van der Waals surface area contributed by atoms with Gasteiger partial charge in [-0.15, -0.1) is 4.21 Å². The number of hydrogen-bond donors (Lipinski definition) is 2. The van der Waals surface area contributed by atoms with Crippen LogP contribution in [0.15, 0.2) is 84.1 Å². The zero-order valence-corrected chi connectivity index (χ0v) is 19.8. The fourth-order valence-electron chi connectivity index (χ4n) is 4.99. The molecule has 8 heteroatoms. The molecule has 2 N–H and O–H groups in total. The fraction of sp³-hybridized carbons (Fsp3) is 0.185. The molecular weight excluding hydrogens is 460 g/mol. The summed E-state index contributed by atoms with van der Waals surface area (Å²) in [5.41, 5.74) is 4.49. The number of nitrogens with zero attached hydrogens (tertiary/aromatic N) is 3. The highest BCUT2D eigenvalue weighted by Gasteiger charge is 2.30. The maximum Gasteiger partial charge on any atom is 0.162 e. The molecule has 3 aromatic carbocycles. The lowest BCUT2D eigenvalue weighted by molar-refractivity contribution is 0.00595. The second-order valence-corrected chi connectivity index (χ2v) is 9.96. The normalized spacial score (nSPS) is 16.5. The Labute approximate surface area is 204 Å². The number of rotatable bonds is 4. The molecule has 0 aliphatic carbocycles. The molecule has 1 saturated heterocycles. The second-order valence-electron chi connectivity index (χ2n) is 8.96. The van der Waals surface area contributed by atoms with E-state index in [1.807, 2.05) is 67.0 Å². The van der Waals surface area contributed by atoms with Gasteiger partial charge in [0, 0.05) is 28.9 Å². The van der Waals surface area contributed by atoms with Crippen LogP contribution < -0.4 is 5.32 Å². The summed E-state index contributed by atoms with van der Waals surface area (Å²) in [6, 6.07) is 18.9. The molecule has 2 aromatic heterocycles. The summed E-state index contributed by atoms with van der Waals surface area (Å²) in [4.78, 5) is 5.02. The fourth-order valence-corrected chi connectivity index (χ4v) is 5.58. The van der Waals surface area contributed by atoms with Crippen LogP contribution in [0.4, 0.5) is 0 Å². The first-order valence-corrected chi connectivity index (χ1v) is 12.8. The number of thiol groups is 1. The Morgan fingerprint density at radius 1 is 0.914 bits per heavy atom. The Morgan fingerprint density at radius 2 is 1.66 bits per heavy atom. The van der Waals surface area contributed by atoms with Crippen molar-refractivity contribution in [3.05, 3.63) is 84.8 Å². The van der Waals surface area contributed by atoms with Gasteiger partial charge in [-0.25, -0.2) is 9.50 Å². The van der Waals surface area contributed by atoms with Crippen molar-refractivity contribution in [3.8, 4) is 22.3 Å². The van der Waals surface area contributed by atoms with Gasteiger partial charge in [-0.1, -0.05) is 42.5 Å². The zero-order valence-electron chi connectivity index (χ0n) is 18.9. The van der Waals surface area contributed by atoms with Gasteiger partial charge >= 0.3 is 0 Å². The lowest BCUT2D eigenvalue weighted by atomic mass is 9.84. The van der Waals surface area contributed by atoms with Gasteiger partial charge < -0.3 is 15.0 Å². The first-order valence-electron chi connectivity index (χ1n) is 11.6. The number of piperidine rings is 1. The Balaban J connectivity index is 1.37. The number of hydrogen-bond acceptors (Lipinski definition) is 6. The molecule has 1 atom stereocenters. The molecular formula is C27H24N4O3S. The van der Waals surface area contributed by atoms with Gasteiger partial charge in [0.15, 0.2) is 10.5 Å². The van der Waals surface area contributed by atoms with Gasteiger partial charge in [-0.2, -0.15) is 5.10 Å². The smallest absolute Gasteiger partial charge is 0.162 e. The molecule has 1 fully saturated rings. The minimum atomic E-state index is -2.70. The average Bonchev–Trinajstić information content (AvgIpc) is 3.31. The quantitative estimate of drug-likeness (QED) is 0.296. The Morgan fingerprint density at radius 3 is 2.40 bits per heavy atom. The van der Waals surface area contributed by atoms with Gasteiger partial charge in [-0.05, 0) is 66.2 Å². The van der Waals surface area contributed by atoms with Crippen molar-refractivity contribution >= 4 is 27.5 Å². The molecule has 1 unspecified atom stereocenters. The molecule has 0 amide bonds. The topological polar surface area (TPSA) is 103 Å². The van der Waals surface area contributed by atoms with E-state index in [2.05, 4.69) is 10.4 Å². The van der Waals surface area contributed by atoms with E-state index in [0.29, 0.717) is 28.8 Å². The molecule has 176 valence electrons. The van der Waals surface area contributed by atoms with Crippen LogP contribution >= 0.6 is 0 Å².